The summed E-state index contributed by atoms with van der Waals surface area (Å²) in [6, 6.07) is 0.402. The highest BCUT2D eigenvalue weighted by molar-refractivity contribution is 7.15. The molecule has 22 heavy (non-hydrogen) atoms. The summed E-state index contributed by atoms with van der Waals surface area (Å²) < 4.78 is 0. The smallest absolute Gasteiger partial charge is 0.231 e. The lowest BCUT2D eigenvalue weighted by molar-refractivity contribution is -0.128. The Morgan fingerprint density at radius 3 is 2.91 bits per heavy atom. The van der Waals surface area contributed by atoms with Gasteiger partial charge >= 0.3 is 0 Å². The maximum absolute atomic E-state index is 12.4. The maximum atomic E-state index is 12.4. The fourth-order valence-corrected chi connectivity index (χ4v) is 4.62. The summed E-state index contributed by atoms with van der Waals surface area (Å²) in [5.41, 5.74) is 1.15. The molecule has 2 fully saturated rings. The number of fused-ring (bicyclic) bond motifs is 1. The van der Waals surface area contributed by atoms with E-state index < -0.39 is 0 Å². The van der Waals surface area contributed by atoms with Crippen molar-refractivity contribution in [2.75, 3.05) is 11.9 Å². The van der Waals surface area contributed by atoms with Gasteiger partial charge in [0.15, 0.2) is 5.13 Å². The SMILES string of the molecule is C[C@H]1CCc2nc(NC(=O)[C@@H]3CC(=O)N(C4CC4)C3)sc2C1. The first-order chi connectivity index (χ1) is 10.6. The average Bonchev–Trinajstić information content (AvgIpc) is 3.13. The number of carbonyl (C=O) groups excluding carboxylic acids is 2. The van der Waals surface area contributed by atoms with Crippen molar-refractivity contribution >= 4 is 28.3 Å². The number of hydrogen-bond donors (Lipinski definition) is 1. The molecule has 0 unspecified atom stereocenters. The number of amides is 2. The molecule has 0 radical (unpaired) electrons. The Hall–Kier alpha value is -1.43. The molecule has 0 spiro atoms. The van der Waals surface area contributed by atoms with E-state index in [1.54, 1.807) is 11.3 Å². The number of anilines is 1. The summed E-state index contributed by atoms with van der Waals surface area (Å²) in [4.78, 5) is 32.1. The van der Waals surface area contributed by atoms with Crippen LogP contribution in [0.1, 0.15) is 43.2 Å². The Kier molecular flexibility index (Phi) is 3.44. The molecule has 1 aromatic rings. The number of aromatic nitrogens is 1. The normalized spacial score (nSPS) is 27.9. The van der Waals surface area contributed by atoms with Crippen LogP contribution in [0.5, 0.6) is 0 Å². The van der Waals surface area contributed by atoms with Crippen LogP contribution in [0.4, 0.5) is 5.13 Å². The Labute approximate surface area is 134 Å². The Morgan fingerprint density at radius 1 is 1.32 bits per heavy atom. The van der Waals surface area contributed by atoms with Gasteiger partial charge in [-0.05, 0) is 38.0 Å². The second-order valence-electron chi connectivity index (χ2n) is 6.90. The molecule has 1 saturated carbocycles. The van der Waals surface area contributed by atoms with Crippen molar-refractivity contribution in [3.8, 4) is 0 Å². The zero-order valence-corrected chi connectivity index (χ0v) is 13.6. The van der Waals surface area contributed by atoms with Crippen molar-refractivity contribution in [3.63, 3.8) is 0 Å². The standard InChI is InChI=1S/C16H21N3O2S/c1-9-2-5-12-13(6-9)22-16(17-12)18-15(21)10-7-14(20)19(8-10)11-3-4-11/h9-11H,2-8H2,1H3,(H,17,18,21)/t9-,10+/m0/s1. The van der Waals surface area contributed by atoms with Crippen LogP contribution >= 0.6 is 11.3 Å². The fraction of sp³-hybridized carbons (Fsp3) is 0.688. The quantitative estimate of drug-likeness (QED) is 0.929. The molecule has 118 valence electrons. The summed E-state index contributed by atoms with van der Waals surface area (Å²) in [7, 11) is 0. The molecule has 3 aliphatic rings. The summed E-state index contributed by atoms with van der Waals surface area (Å²) in [5.74, 6) is 0.578. The largest absolute Gasteiger partial charge is 0.339 e. The summed E-state index contributed by atoms with van der Waals surface area (Å²) in [5, 5.41) is 3.66. The van der Waals surface area contributed by atoms with Gasteiger partial charge in [0.05, 0.1) is 11.6 Å². The minimum atomic E-state index is -0.215. The van der Waals surface area contributed by atoms with Gasteiger partial charge in [-0.3, -0.25) is 9.59 Å². The predicted molar refractivity (Wildman–Crippen MR) is 84.8 cm³/mol. The van der Waals surface area contributed by atoms with Gasteiger partial charge in [-0.15, -0.1) is 11.3 Å². The zero-order valence-electron chi connectivity index (χ0n) is 12.8. The second-order valence-corrected chi connectivity index (χ2v) is 7.99. The minimum absolute atomic E-state index is 0.0457. The van der Waals surface area contributed by atoms with Gasteiger partial charge in [0.25, 0.3) is 0 Å². The van der Waals surface area contributed by atoms with Crippen LogP contribution in [0.15, 0.2) is 0 Å². The van der Waals surface area contributed by atoms with Gasteiger partial charge in [0.1, 0.15) is 0 Å². The Bertz CT molecular complexity index is 623. The number of likely N-dealkylation sites (tertiary alicyclic amines) is 1. The number of thiazole rings is 1. The minimum Gasteiger partial charge on any atom is -0.339 e. The summed E-state index contributed by atoms with van der Waals surface area (Å²) in [6.45, 7) is 2.84. The van der Waals surface area contributed by atoms with Crippen molar-refractivity contribution in [1.29, 1.82) is 0 Å². The Balaban J connectivity index is 1.41. The van der Waals surface area contributed by atoms with Gasteiger partial charge in [-0.25, -0.2) is 4.98 Å². The van der Waals surface area contributed by atoms with Crippen LogP contribution in [-0.4, -0.2) is 34.3 Å². The van der Waals surface area contributed by atoms with E-state index >= 15 is 0 Å². The van der Waals surface area contributed by atoms with E-state index in [-0.39, 0.29) is 17.7 Å². The fourth-order valence-electron chi connectivity index (χ4n) is 3.45. The van der Waals surface area contributed by atoms with E-state index in [4.69, 9.17) is 0 Å². The lowest BCUT2D eigenvalue weighted by atomic mass is 9.93. The molecule has 1 N–H and O–H groups in total. The molecule has 6 heteroatoms. The molecule has 1 saturated heterocycles. The number of nitrogens with zero attached hydrogens (tertiary/aromatic N) is 2. The summed E-state index contributed by atoms with van der Waals surface area (Å²) >= 11 is 1.60. The van der Waals surface area contributed by atoms with Crippen molar-refractivity contribution in [1.82, 2.24) is 9.88 Å². The third kappa shape index (κ3) is 2.64. The molecule has 2 atom stereocenters. The number of hydrogen-bond acceptors (Lipinski definition) is 4. The van der Waals surface area contributed by atoms with Crippen LogP contribution in [0, 0.1) is 11.8 Å². The van der Waals surface area contributed by atoms with E-state index in [1.165, 1.54) is 11.3 Å². The van der Waals surface area contributed by atoms with Crippen molar-refractivity contribution < 1.29 is 9.59 Å². The van der Waals surface area contributed by atoms with E-state index in [1.807, 2.05) is 4.90 Å². The lowest BCUT2D eigenvalue weighted by Gasteiger charge is -2.15. The van der Waals surface area contributed by atoms with Crippen LogP contribution in [-0.2, 0) is 22.4 Å². The molecule has 1 aromatic heterocycles. The number of nitrogens with one attached hydrogen (secondary N) is 1. The predicted octanol–water partition coefficient (Wildman–Crippen LogP) is 2.22. The number of carbonyl (C=O) groups is 2. The van der Waals surface area contributed by atoms with E-state index in [0.717, 1.165) is 31.4 Å². The van der Waals surface area contributed by atoms with Gasteiger partial charge in [-0.1, -0.05) is 6.92 Å². The molecule has 2 amide bonds. The van der Waals surface area contributed by atoms with Crippen molar-refractivity contribution in [3.05, 3.63) is 10.6 Å². The van der Waals surface area contributed by atoms with Gasteiger partial charge in [0.2, 0.25) is 11.8 Å². The zero-order chi connectivity index (χ0) is 15.3. The van der Waals surface area contributed by atoms with Crippen LogP contribution in [0.25, 0.3) is 0 Å². The highest BCUT2D eigenvalue weighted by Crippen LogP contribution is 2.34. The molecule has 0 bridgehead atoms. The van der Waals surface area contributed by atoms with Gasteiger partial charge in [0, 0.05) is 23.9 Å². The van der Waals surface area contributed by atoms with E-state index in [2.05, 4.69) is 17.2 Å². The molecular formula is C16H21N3O2S. The van der Waals surface area contributed by atoms with Crippen LogP contribution < -0.4 is 5.32 Å². The van der Waals surface area contributed by atoms with Crippen LogP contribution in [0.2, 0.25) is 0 Å². The summed E-state index contributed by atoms with van der Waals surface area (Å²) in [6.07, 6.45) is 5.80. The molecule has 5 nitrogen and oxygen atoms in total. The van der Waals surface area contributed by atoms with Gasteiger partial charge in [-0.2, -0.15) is 0 Å². The third-order valence-electron chi connectivity index (χ3n) is 4.93. The number of aryl methyl sites for hydroxylation is 1. The first kappa shape index (κ1) is 14.2. The maximum Gasteiger partial charge on any atom is 0.231 e. The highest BCUT2D eigenvalue weighted by atomic mass is 32.1. The molecular weight excluding hydrogens is 298 g/mol. The molecule has 4 rings (SSSR count). The lowest BCUT2D eigenvalue weighted by Crippen LogP contribution is -2.29. The molecule has 1 aliphatic heterocycles. The molecule has 2 heterocycles. The van der Waals surface area contributed by atoms with Gasteiger partial charge < -0.3 is 10.2 Å². The van der Waals surface area contributed by atoms with E-state index in [9.17, 15) is 9.59 Å². The van der Waals surface area contributed by atoms with E-state index in [0.29, 0.717) is 30.1 Å². The average molecular weight is 319 g/mol. The first-order valence-electron chi connectivity index (χ1n) is 8.19. The number of rotatable bonds is 3. The molecule has 2 aliphatic carbocycles. The second kappa shape index (κ2) is 5.33. The van der Waals surface area contributed by atoms with Crippen molar-refractivity contribution in [2.45, 2.75) is 51.5 Å². The highest BCUT2D eigenvalue weighted by Gasteiger charge is 2.41. The van der Waals surface area contributed by atoms with Crippen molar-refractivity contribution in [2.24, 2.45) is 11.8 Å². The first-order valence-corrected chi connectivity index (χ1v) is 9.00. The van der Waals surface area contributed by atoms with Crippen LogP contribution in [0.3, 0.4) is 0 Å². The third-order valence-corrected chi connectivity index (χ3v) is 5.97. The monoisotopic (exact) mass is 319 g/mol. The molecule has 0 aromatic carbocycles. The topological polar surface area (TPSA) is 62.3 Å². The Morgan fingerprint density at radius 2 is 2.14 bits per heavy atom.